The fraction of sp³-hybridized carbons (Fsp3) is 0.300. The highest BCUT2D eigenvalue weighted by molar-refractivity contribution is 9.10. The second kappa shape index (κ2) is 8.27. The van der Waals surface area contributed by atoms with Crippen LogP contribution in [0.1, 0.15) is 18.0 Å². The van der Waals surface area contributed by atoms with Crippen LogP contribution in [0.15, 0.2) is 57.7 Å². The predicted octanol–water partition coefficient (Wildman–Crippen LogP) is 4.24. The topological polar surface area (TPSA) is 71.5 Å². The first kappa shape index (κ1) is 22.1. The average molecular weight is 486 g/mol. The summed E-state index contributed by atoms with van der Waals surface area (Å²) in [5, 5.41) is 10.4. The molecule has 1 amide bonds. The Labute approximate surface area is 179 Å². The summed E-state index contributed by atoms with van der Waals surface area (Å²) >= 11 is 3.35. The molecule has 0 aliphatic carbocycles. The zero-order valence-corrected chi connectivity index (χ0v) is 17.7. The third-order valence-electron chi connectivity index (χ3n) is 4.68. The Morgan fingerprint density at radius 3 is 2.47 bits per heavy atom. The van der Waals surface area contributed by atoms with Crippen LogP contribution in [0.25, 0.3) is 11.3 Å². The molecule has 1 N–H and O–H groups in total. The number of hydrogen-bond acceptors (Lipinski definition) is 4. The van der Waals surface area contributed by atoms with Crippen LogP contribution in [0.4, 0.5) is 13.2 Å². The van der Waals surface area contributed by atoms with E-state index in [-0.39, 0.29) is 6.54 Å². The van der Waals surface area contributed by atoms with Crippen molar-refractivity contribution < 1.29 is 27.5 Å². The monoisotopic (exact) mass is 485 g/mol. The van der Waals surface area contributed by atoms with Crippen molar-refractivity contribution in [2.45, 2.75) is 24.7 Å². The highest BCUT2D eigenvalue weighted by atomic mass is 79.9. The van der Waals surface area contributed by atoms with Gasteiger partial charge in [0, 0.05) is 36.5 Å². The number of aliphatic hydroxyl groups is 1. The molecule has 1 unspecified atom stereocenters. The van der Waals surface area contributed by atoms with E-state index in [0.717, 1.165) is 25.7 Å². The van der Waals surface area contributed by atoms with Gasteiger partial charge in [-0.15, -0.1) is 0 Å². The van der Waals surface area contributed by atoms with Crippen LogP contribution in [-0.4, -0.2) is 38.7 Å². The maximum atomic E-state index is 13.6. The van der Waals surface area contributed by atoms with Crippen molar-refractivity contribution in [3.63, 3.8) is 0 Å². The molecule has 0 radical (unpaired) electrons. The Kier molecular flexibility index (Phi) is 6.09. The normalized spacial score (nSPS) is 13.8. The molecule has 1 aromatic carbocycles. The van der Waals surface area contributed by atoms with Crippen LogP contribution in [-0.2, 0) is 24.0 Å². The van der Waals surface area contributed by atoms with E-state index in [2.05, 4.69) is 20.9 Å². The van der Waals surface area contributed by atoms with Gasteiger partial charge in [-0.1, -0.05) is 28.1 Å². The standard InChI is InChI=1S/C20H19BrF3N3O3/c1-26-10-9-25-18(26)19(29,20(22,23)24)11-17(28)27(2)12-15-7-8-16(30-15)13-3-5-14(21)6-4-13/h3-10,29H,11-12H2,1-2H3. The first-order valence-corrected chi connectivity index (χ1v) is 9.66. The Morgan fingerprint density at radius 2 is 1.90 bits per heavy atom. The first-order valence-electron chi connectivity index (χ1n) is 8.87. The quantitative estimate of drug-likeness (QED) is 0.566. The van der Waals surface area contributed by atoms with Gasteiger partial charge in [0.1, 0.15) is 11.5 Å². The molecular weight excluding hydrogens is 467 g/mol. The number of alkyl halides is 3. The van der Waals surface area contributed by atoms with Gasteiger partial charge < -0.3 is 19.0 Å². The third-order valence-corrected chi connectivity index (χ3v) is 5.20. The molecule has 10 heteroatoms. The highest BCUT2D eigenvalue weighted by Gasteiger charge is 2.58. The number of aromatic nitrogens is 2. The summed E-state index contributed by atoms with van der Waals surface area (Å²) in [7, 11) is 2.67. The molecule has 0 bridgehead atoms. The van der Waals surface area contributed by atoms with E-state index < -0.39 is 29.9 Å². The maximum absolute atomic E-state index is 13.6. The minimum Gasteiger partial charge on any atom is -0.459 e. The summed E-state index contributed by atoms with van der Waals surface area (Å²) in [6, 6.07) is 10.8. The third kappa shape index (κ3) is 4.44. The van der Waals surface area contributed by atoms with Crippen molar-refractivity contribution in [1.29, 1.82) is 0 Å². The number of carbonyl (C=O) groups is 1. The first-order chi connectivity index (χ1) is 14.0. The maximum Gasteiger partial charge on any atom is 0.425 e. The van der Waals surface area contributed by atoms with E-state index >= 15 is 0 Å². The number of carbonyl (C=O) groups excluding carboxylic acids is 1. The van der Waals surface area contributed by atoms with Crippen molar-refractivity contribution in [2.75, 3.05) is 7.05 Å². The predicted molar refractivity (Wildman–Crippen MR) is 106 cm³/mol. The molecule has 0 aliphatic rings. The number of hydrogen-bond donors (Lipinski definition) is 1. The van der Waals surface area contributed by atoms with Crippen molar-refractivity contribution >= 4 is 21.8 Å². The van der Waals surface area contributed by atoms with E-state index in [1.807, 2.05) is 24.3 Å². The molecule has 1 atom stereocenters. The van der Waals surface area contributed by atoms with E-state index in [4.69, 9.17) is 4.42 Å². The molecule has 0 aliphatic heterocycles. The van der Waals surface area contributed by atoms with Gasteiger partial charge in [0.2, 0.25) is 11.5 Å². The Bertz CT molecular complexity index is 1030. The second-order valence-corrected chi connectivity index (χ2v) is 7.83. The number of imidazole rings is 1. The summed E-state index contributed by atoms with van der Waals surface area (Å²) in [6.07, 6.45) is -3.88. The molecule has 30 heavy (non-hydrogen) atoms. The summed E-state index contributed by atoms with van der Waals surface area (Å²) in [6.45, 7) is -0.0517. The van der Waals surface area contributed by atoms with Gasteiger partial charge in [-0.3, -0.25) is 4.79 Å². The lowest BCUT2D eigenvalue weighted by Gasteiger charge is -2.30. The van der Waals surface area contributed by atoms with E-state index in [9.17, 15) is 23.1 Å². The summed E-state index contributed by atoms with van der Waals surface area (Å²) < 4.78 is 48.5. The minimum absolute atomic E-state index is 0.0517. The van der Waals surface area contributed by atoms with E-state index in [1.165, 1.54) is 20.3 Å². The van der Waals surface area contributed by atoms with Crippen molar-refractivity contribution in [1.82, 2.24) is 14.5 Å². The van der Waals surface area contributed by atoms with Gasteiger partial charge in [0.15, 0.2) is 5.82 Å². The van der Waals surface area contributed by atoms with E-state index in [0.29, 0.717) is 11.5 Å². The SMILES string of the molecule is CN(Cc1ccc(-c2ccc(Br)cc2)o1)C(=O)CC(O)(c1nccn1C)C(F)(F)F. The number of nitrogens with zero attached hydrogens (tertiary/aromatic N) is 3. The highest BCUT2D eigenvalue weighted by Crippen LogP contribution is 2.41. The van der Waals surface area contributed by atoms with Crippen LogP contribution >= 0.6 is 15.9 Å². The zero-order chi connectivity index (χ0) is 22.1. The molecule has 3 rings (SSSR count). The molecule has 160 valence electrons. The van der Waals surface area contributed by atoms with Crippen LogP contribution in [0, 0.1) is 0 Å². The van der Waals surface area contributed by atoms with Gasteiger partial charge in [-0.25, -0.2) is 4.98 Å². The minimum atomic E-state index is -5.08. The molecule has 2 aromatic heterocycles. The van der Waals surface area contributed by atoms with Gasteiger partial charge in [0.25, 0.3) is 0 Å². The lowest BCUT2D eigenvalue weighted by atomic mass is 9.96. The van der Waals surface area contributed by atoms with Crippen LogP contribution in [0.3, 0.4) is 0 Å². The summed E-state index contributed by atoms with van der Waals surface area (Å²) in [5.41, 5.74) is -2.58. The lowest BCUT2D eigenvalue weighted by molar-refractivity contribution is -0.271. The molecule has 3 aromatic rings. The summed E-state index contributed by atoms with van der Waals surface area (Å²) in [5.74, 6) is -0.582. The number of halogens is 4. The van der Waals surface area contributed by atoms with Crippen molar-refractivity contribution in [3.05, 3.63) is 64.8 Å². The Balaban J connectivity index is 1.74. The summed E-state index contributed by atoms with van der Waals surface area (Å²) in [4.78, 5) is 17.2. The number of rotatable bonds is 6. The number of furan rings is 1. The number of amides is 1. The lowest BCUT2D eigenvalue weighted by Crippen LogP contribution is -2.48. The van der Waals surface area contributed by atoms with Crippen molar-refractivity contribution in [3.8, 4) is 11.3 Å². The molecule has 0 saturated heterocycles. The van der Waals surface area contributed by atoms with Gasteiger partial charge in [0.05, 0.1) is 13.0 Å². The molecule has 0 fully saturated rings. The molecule has 0 saturated carbocycles. The van der Waals surface area contributed by atoms with Gasteiger partial charge >= 0.3 is 6.18 Å². The fourth-order valence-electron chi connectivity index (χ4n) is 2.98. The largest absolute Gasteiger partial charge is 0.459 e. The Hall–Kier alpha value is -2.59. The fourth-order valence-corrected chi connectivity index (χ4v) is 3.24. The van der Waals surface area contributed by atoms with Crippen molar-refractivity contribution in [2.24, 2.45) is 7.05 Å². The van der Waals surface area contributed by atoms with Gasteiger partial charge in [-0.2, -0.15) is 13.2 Å². The molecular formula is C20H19BrF3N3O3. The molecule has 0 spiro atoms. The zero-order valence-electron chi connectivity index (χ0n) is 16.2. The van der Waals surface area contributed by atoms with E-state index in [1.54, 1.807) is 12.1 Å². The van der Waals surface area contributed by atoms with Gasteiger partial charge in [-0.05, 0) is 24.3 Å². The number of aryl methyl sites for hydroxylation is 1. The van der Waals surface area contributed by atoms with Crippen LogP contribution < -0.4 is 0 Å². The molecule has 2 heterocycles. The second-order valence-electron chi connectivity index (χ2n) is 6.92. The van der Waals surface area contributed by atoms with Crippen LogP contribution in [0.5, 0.6) is 0 Å². The Morgan fingerprint density at radius 1 is 1.23 bits per heavy atom. The average Bonchev–Trinajstić information content (AvgIpc) is 3.30. The smallest absolute Gasteiger partial charge is 0.425 e. The van der Waals surface area contributed by atoms with Crippen LogP contribution in [0.2, 0.25) is 0 Å². The number of benzene rings is 1. The molecule has 6 nitrogen and oxygen atoms in total.